The third-order valence-corrected chi connectivity index (χ3v) is 6.76. The Balaban J connectivity index is 1.33. The maximum atomic E-state index is 5.53. The first-order valence-corrected chi connectivity index (χ1v) is 9.63. The van der Waals surface area contributed by atoms with Gasteiger partial charge in [-0.25, -0.2) is 0 Å². The van der Waals surface area contributed by atoms with Gasteiger partial charge in [0.15, 0.2) is 5.82 Å². The van der Waals surface area contributed by atoms with E-state index in [1.807, 2.05) is 11.8 Å². The van der Waals surface area contributed by atoms with Gasteiger partial charge in [0.05, 0.1) is 11.8 Å². The highest BCUT2D eigenvalue weighted by atomic mass is 32.2. The zero-order valence-electron chi connectivity index (χ0n) is 12.6. The van der Waals surface area contributed by atoms with E-state index in [1.165, 1.54) is 57.8 Å². The average Bonchev–Trinajstić information content (AvgIpc) is 3.24. The lowest BCUT2D eigenvalue weighted by molar-refractivity contribution is 0.324. The van der Waals surface area contributed by atoms with Gasteiger partial charge in [0.1, 0.15) is 0 Å². The maximum Gasteiger partial charge on any atom is 0.243 e. The van der Waals surface area contributed by atoms with Crippen LogP contribution in [-0.4, -0.2) is 21.4 Å². The van der Waals surface area contributed by atoms with Crippen LogP contribution in [0.2, 0.25) is 0 Å². The first-order chi connectivity index (χ1) is 10.4. The van der Waals surface area contributed by atoms with Crippen molar-refractivity contribution in [2.24, 2.45) is 5.92 Å². The fraction of sp³-hybridized carbons (Fsp3) is 0.875. The van der Waals surface area contributed by atoms with Crippen molar-refractivity contribution in [3.8, 4) is 0 Å². The highest BCUT2D eigenvalue weighted by Crippen LogP contribution is 2.38. The molecule has 2 heterocycles. The van der Waals surface area contributed by atoms with Crippen LogP contribution in [0.1, 0.15) is 75.5 Å². The molecule has 0 radical (unpaired) electrons. The highest BCUT2D eigenvalue weighted by Gasteiger charge is 2.38. The van der Waals surface area contributed by atoms with Crippen molar-refractivity contribution in [3.63, 3.8) is 0 Å². The van der Waals surface area contributed by atoms with E-state index in [2.05, 4.69) is 15.5 Å². The molecule has 2 aliphatic carbocycles. The van der Waals surface area contributed by atoms with Crippen LogP contribution in [0.4, 0.5) is 0 Å². The molecule has 21 heavy (non-hydrogen) atoms. The van der Waals surface area contributed by atoms with Crippen molar-refractivity contribution in [2.45, 2.75) is 80.9 Å². The van der Waals surface area contributed by atoms with Crippen LogP contribution in [0.15, 0.2) is 4.52 Å². The lowest BCUT2D eigenvalue weighted by Gasteiger charge is -2.24. The summed E-state index contributed by atoms with van der Waals surface area (Å²) >= 11 is 2.01. The Kier molecular flexibility index (Phi) is 4.21. The maximum absolute atomic E-state index is 5.53. The van der Waals surface area contributed by atoms with Crippen LogP contribution < -0.4 is 5.32 Å². The van der Waals surface area contributed by atoms with Crippen molar-refractivity contribution in [2.75, 3.05) is 0 Å². The molecular weight excluding hydrogens is 282 g/mol. The molecule has 1 aliphatic heterocycles. The van der Waals surface area contributed by atoms with Crippen molar-refractivity contribution < 1.29 is 4.52 Å². The topological polar surface area (TPSA) is 51.0 Å². The zero-order chi connectivity index (χ0) is 14.1. The minimum atomic E-state index is 0.302. The zero-order valence-corrected chi connectivity index (χ0v) is 13.4. The van der Waals surface area contributed by atoms with Gasteiger partial charge in [0.25, 0.3) is 0 Å². The molecule has 0 spiro atoms. The van der Waals surface area contributed by atoms with E-state index in [0.717, 1.165) is 28.6 Å². The molecule has 3 fully saturated rings. The Morgan fingerprint density at radius 3 is 2.76 bits per heavy atom. The quantitative estimate of drug-likeness (QED) is 0.916. The summed E-state index contributed by atoms with van der Waals surface area (Å²) in [5, 5.41) is 8.73. The third kappa shape index (κ3) is 3.14. The number of rotatable bonds is 4. The van der Waals surface area contributed by atoms with Crippen molar-refractivity contribution in [3.05, 3.63) is 11.7 Å². The molecule has 2 saturated carbocycles. The third-order valence-electron chi connectivity index (χ3n) is 5.40. The summed E-state index contributed by atoms with van der Waals surface area (Å²) in [6.07, 6.45) is 12.1. The Bertz CT molecular complexity index is 458. The Labute approximate surface area is 130 Å². The van der Waals surface area contributed by atoms with E-state index in [4.69, 9.17) is 4.52 Å². The smallest absolute Gasteiger partial charge is 0.243 e. The van der Waals surface area contributed by atoms with E-state index in [1.54, 1.807) is 0 Å². The van der Waals surface area contributed by atoms with Crippen LogP contribution in [0.5, 0.6) is 0 Å². The van der Waals surface area contributed by atoms with Crippen LogP contribution in [0.3, 0.4) is 0 Å². The Hall–Kier alpha value is -0.550. The summed E-state index contributed by atoms with van der Waals surface area (Å²) in [6.45, 7) is 0. The molecule has 3 aliphatic rings. The number of thioether (sulfide) groups is 1. The second-order valence-electron chi connectivity index (χ2n) is 6.87. The predicted molar refractivity (Wildman–Crippen MR) is 84.1 cm³/mol. The van der Waals surface area contributed by atoms with E-state index in [0.29, 0.717) is 12.1 Å². The summed E-state index contributed by atoms with van der Waals surface area (Å²) in [6, 6.07) is 0.989. The summed E-state index contributed by atoms with van der Waals surface area (Å²) in [5.74, 6) is 3.45. The SMILES string of the molecule is C1CCC(SCc2noc(C3CC4CCCCC4N3)n2)C1. The minimum absolute atomic E-state index is 0.302. The minimum Gasteiger partial charge on any atom is -0.338 e. The summed E-state index contributed by atoms with van der Waals surface area (Å²) in [4.78, 5) is 4.65. The van der Waals surface area contributed by atoms with Crippen LogP contribution >= 0.6 is 11.8 Å². The molecule has 0 amide bonds. The molecule has 4 nitrogen and oxygen atoms in total. The number of hydrogen-bond acceptors (Lipinski definition) is 5. The molecule has 3 atom stereocenters. The molecule has 0 aromatic carbocycles. The lowest BCUT2D eigenvalue weighted by Crippen LogP contribution is -2.30. The van der Waals surface area contributed by atoms with Gasteiger partial charge < -0.3 is 9.84 Å². The van der Waals surface area contributed by atoms with Crippen LogP contribution in [0, 0.1) is 5.92 Å². The molecule has 116 valence electrons. The first-order valence-electron chi connectivity index (χ1n) is 8.58. The Morgan fingerprint density at radius 2 is 1.90 bits per heavy atom. The highest BCUT2D eigenvalue weighted by molar-refractivity contribution is 7.99. The van der Waals surface area contributed by atoms with Gasteiger partial charge in [-0.1, -0.05) is 30.8 Å². The van der Waals surface area contributed by atoms with Crippen molar-refractivity contribution in [1.82, 2.24) is 15.5 Å². The molecule has 3 unspecified atom stereocenters. The van der Waals surface area contributed by atoms with Gasteiger partial charge in [-0.15, -0.1) is 0 Å². The standard InChI is InChI=1S/C16H25N3OS/c1-4-8-13-11(5-1)9-14(17-13)16-18-15(19-20-16)10-21-12-6-2-3-7-12/h11-14,17H,1-10H2. The largest absolute Gasteiger partial charge is 0.338 e. The van der Waals surface area contributed by atoms with Gasteiger partial charge in [-0.2, -0.15) is 16.7 Å². The monoisotopic (exact) mass is 307 g/mol. The molecule has 1 saturated heterocycles. The number of nitrogens with one attached hydrogen (secondary N) is 1. The molecule has 5 heteroatoms. The second-order valence-corrected chi connectivity index (χ2v) is 8.16. The first kappa shape index (κ1) is 14.1. The lowest BCUT2D eigenvalue weighted by atomic mass is 9.85. The van der Waals surface area contributed by atoms with Crippen LogP contribution in [-0.2, 0) is 5.75 Å². The van der Waals surface area contributed by atoms with E-state index >= 15 is 0 Å². The van der Waals surface area contributed by atoms with Gasteiger partial charge in [0, 0.05) is 11.3 Å². The average molecular weight is 307 g/mol. The van der Waals surface area contributed by atoms with Crippen LogP contribution in [0.25, 0.3) is 0 Å². The fourth-order valence-electron chi connectivity index (χ4n) is 4.23. The van der Waals surface area contributed by atoms with Crippen molar-refractivity contribution >= 4 is 11.8 Å². The Morgan fingerprint density at radius 1 is 1.10 bits per heavy atom. The number of nitrogens with zero attached hydrogens (tertiary/aromatic N) is 2. The molecule has 0 bridgehead atoms. The molecule has 1 N–H and O–H groups in total. The van der Waals surface area contributed by atoms with Gasteiger partial charge in [-0.05, 0) is 38.0 Å². The molecule has 4 rings (SSSR count). The van der Waals surface area contributed by atoms with E-state index < -0.39 is 0 Å². The number of hydrogen-bond donors (Lipinski definition) is 1. The van der Waals surface area contributed by atoms with Crippen molar-refractivity contribution in [1.29, 1.82) is 0 Å². The molecule has 1 aromatic heterocycles. The number of aromatic nitrogens is 2. The number of fused-ring (bicyclic) bond motifs is 1. The van der Waals surface area contributed by atoms with E-state index in [-0.39, 0.29) is 0 Å². The fourth-order valence-corrected chi connectivity index (χ4v) is 5.39. The van der Waals surface area contributed by atoms with Gasteiger partial charge in [-0.3, -0.25) is 0 Å². The predicted octanol–water partition coefficient (Wildman–Crippen LogP) is 3.84. The normalized spacial score (nSPS) is 33.4. The van der Waals surface area contributed by atoms with Gasteiger partial charge in [0.2, 0.25) is 5.89 Å². The molecular formula is C16H25N3OS. The summed E-state index contributed by atoms with van der Waals surface area (Å²) in [7, 11) is 0. The van der Waals surface area contributed by atoms with Gasteiger partial charge >= 0.3 is 0 Å². The molecule has 1 aromatic rings. The van der Waals surface area contributed by atoms with E-state index in [9.17, 15) is 0 Å². The summed E-state index contributed by atoms with van der Waals surface area (Å²) < 4.78 is 5.53. The second kappa shape index (κ2) is 6.29. The summed E-state index contributed by atoms with van der Waals surface area (Å²) in [5.41, 5.74) is 0.